The van der Waals surface area contributed by atoms with Gasteiger partial charge < -0.3 is 16.0 Å². The maximum Gasteiger partial charge on any atom is 0.272 e. The van der Waals surface area contributed by atoms with E-state index in [2.05, 4.69) is 15.2 Å². The van der Waals surface area contributed by atoms with E-state index < -0.39 is 0 Å². The average Bonchev–Trinajstić information content (AvgIpc) is 3.13. The molecule has 1 fully saturated rings. The first-order chi connectivity index (χ1) is 14.0. The number of para-hydroxylation sites is 1. The molecule has 1 saturated heterocycles. The van der Waals surface area contributed by atoms with Crippen molar-refractivity contribution in [3.63, 3.8) is 0 Å². The molecule has 2 heterocycles. The number of aromatic amines is 1. The van der Waals surface area contributed by atoms with Crippen molar-refractivity contribution >= 4 is 40.0 Å². The summed E-state index contributed by atoms with van der Waals surface area (Å²) >= 11 is 6.03. The van der Waals surface area contributed by atoms with Crippen molar-refractivity contribution in [3.8, 4) is 0 Å². The monoisotopic (exact) mass is 410 g/mol. The summed E-state index contributed by atoms with van der Waals surface area (Å²) in [6, 6.07) is 15.0. The molecule has 1 aliphatic rings. The van der Waals surface area contributed by atoms with Crippen LogP contribution >= 0.6 is 11.6 Å². The van der Waals surface area contributed by atoms with Crippen molar-refractivity contribution < 1.29 is 9.59 Å². The number of carbonyl (C=O) groups is 2. The number of piperidine rings is 1. The van der Waals surface area contributed by atoms with Crippen LogP contribution in [-0.2, 0) is 11.3 Å². The topological polar surface area (TPSA) is 91.2 Å². The quantitative estimate of drug-likeness (QED) is 0.597. The summed E-state index contributed by atoms with van der Waals surface area (Å²) in [5.41, 5.74) is 8.55. The summed E-state index contributed by atoms with van der Waals surface area (Å²) in [4.78, 5) is 29.7. The molecule has 2 amide bonds. The van der Waals surface area contributed by atoms with Gasteiger partial charge in [-0.1, -0.05) is 35.9 Å². The third-order valence-corrected chi connectivity index (χ3v) is 5.63. The highest BCUT2D eigenvalue weighted by Crippen LogP contribution is 2.24. The normalized spacial score (nSPS) is 17.3. The number of H-pyrrole nitrogens is 1. The third-order valence-electron chi connectivity index (χ3n) is 5.40. The lowest BCUT2D eigenvalue weighted by Gasteiger charge is -2.31. The van der Waals surface area contributed by atoms with Gasteiger partial charge in [0.1, 0.15) is 5.69 Å². The van der Waals surface area contributed by atoms with Gasteiger partial charge >= 0.3 is 0 Å². The maximum absolute atomic E-state index is 12.8. The van der Waals surface area contributed by atoms with Gasteiger partial charge in [0.05, 0.1) is 5.92 Å². The van der Waals surface area contributed by atoms with Crippen LogP contribution in [-0.4, -0.2) is 34.8 Å². The molecule has 1 aliphatic heterocycles. The van der Waals surface area contributed by atoms with Crippen LogP contribution in [0, 0.1) is 5.92 Å². The molecule has 0 bridgehead atoms. The minimum absolute atomic E-state index is 0.108. The first kappa shape index (κ1) is 19.5. The summed E-state index contributed by atoms with van der Waals surface area (Å²) in [5.74, 6) is -0.558. The van der Waals surface area contributed by atoms with Gasteiger partial charge in [0.25, 0.3) is 5.91 Å². The number of carbonyl (C=O) groups excluding carboxylic acids is 2. The van der Waals surface area contributed by atoms with Gasteiger partial charge in [-0.2, -0.15) is 0 Å². The highest BCUT2D eigenvalue weighted by Gasteiger charge is 2.24. The lowest BCUT2D eigenvalue weighted by atomic mass is 9.97. The molecule has 1 unspecified atom stereocenters. The van der Waals surface area contributed by atoms with Crippen LogP contribution in [0.15, 0.2) is 48.5 Å². The second kappa shape index (κ2) is 8.27. The van der Waals surface area contributed by atoms with Crippen LogP contribution < -0.4 is 11.1 Å². The summed E-state index contributed by atoms with van der Waals surface area (Å²) < 4.78 is 0. The van der Waals surface area contributed by atoms with E-state index in [9.17, 15) is 9.59 Å². The number of amides is 2. The Balaban J connectivity index is 1.50. The number of hydrogen-bond donors (Lipinski definition) is 3. The van der Waals surface area contributed by atoms with E-state index in [4.69, 9.17) is 17.3 Å². The van der Waals surface area contributed by atoms with Crippen LogP contribution in [0.4, 0.5) is 5.69 Å². The Morgan fingerprint density at radius 3 is 2.86 bits per heavy atom. The Morgan fingerprint density at radius 1 is 1.21 bits per heavy atom. The zero-order valence-corrected chi connectivity index (χ0v) is 16.7. The van der Waals surface area contributed by atoms with E-state index in [1.54, 1.807) is 12.1 Å². The van der Waals surface area contributed by atoms with Crippen molar-refractivity contribution in [1.82, 2.24) is 9.88 Å². The predicted octanol–water partition coefficient (Wildman–Crippen LogP) is 3.77. The molecule has 3 aromatic rings. The Hall–Kier alpha value is -2.83. The number of halogens is 1. The number of fused-ring (bicyclic) bond motifs is 1. The molecule has 4 rings (SSSR count). The fourth-order valence-corrected chi connectivity index (χ4v) is 4.04. The molecule has 6 nitrogen and oxygen atoms in total. The minimum Gasteiger partial charge on any atom is -0.369 e. The molecule has 0 saturated carbocycles. The predicted molar refractivity (Wildman–Crippen MR) is 115 cm³/mol. The Kier molecular flexibility index (Phi) is 5.56. The average molecular weight is 411 g/mol. The van der Waals surface area contributed by atoms with Crippen LogP contribution in [0.5, 0.6) is 0 Å². The number of likely N-dealkylation sites (tertiary alicyclic amines) is 1. The molecule has 2 aromatic carbocycles. The third kappa shape index (κ3) is 4.44. The molecule has 1 aromatic heterocycles. The number of anilines is 1. The van der Waals surface area contributed by atoms with Gasteiger partial charge in [-0.05, 0) is 49.2 Å². The second-order valence-electron chi connectivity index (χ2n) is 7.50. The summed E-state index contributed by atoms with van der Waals surface area (Å²) in [7, 11) is 0. The summed E-state index contributed by atoms with van der Waals surface area (Å²) in [6.45, 7) is 2.22. The number of nitrogens with zero attached hydrogens (tertiary/aromatic N) is 1. The van der Waals surface area contributed by atoms with Gasteiger partial charge in [-0.15, -0.1) is 0 Å². The molecule has 29 heavy (non-hydrogen) atoms. The van der Waals surface area contributed by atoms with Crippen molar-refractivity contribution in [2.75, 3.05) is 18.4 Å². The molecule has 7 heteroatoms. The number of nitrogens with two attached hydrogens (primary N) is 1. The van der Waals surface area contributed by atoms with E-state index in [-0.39, 0.29) is 17.7 Å². The van der Waals surface area contributed by atoms with E-state index in [0.717, 1.165) is 41.5 Å². The SMILES string of the molecule is NC(=O)C1CCCN(Cc2ccccc2NC(=O)c2cc3ccc(Cl)cc3[nH]2)C1. The first-order valence-corrected chi connectivity index (χ1v) is 10.1. The number of primary amides is 1. The van der Waals surface area contributed by atoms with E-state index in [0.29, 0.717) is 23.8 Å². The standard InChI is InChI=1S/C22H23ClN4O2/c23-17-8-7-14-10-20(25-19(14)11-17)22(29)26-18-6-2-1-4-15(18)12-27-9-3-5-16(13-27)21(24)28/h1-2,4,6-8,10-11,16,25H,3,5,9,12-13H2,(H2,24,28)(H,26,29). The largest absolute Gasteiger partial charge is 0.369 e. The summed E-state index contributed by atoms with van der Waals surface area (Å²) in [5, 5.41) is 4.55. The van der Waals surface area contributed by atoms with Crippen LogP contribution in [0.2, 0.25) is 5.02 Å². The lowest BCUT2D eigenvalue weighted by molar-refractivity contribution is -0.123. The number of aromatic nitrogens is 1. The number of hydrogen-bond acceptors (Lipinski definition) is 3. The van der Waals surface area contributed by atoms with Gasteiger partial charge in [0, 0.05) is 34.7 Å². The molecular formula is C22H23ClN4O2. The molecular weight excluding hydrogens is 388 g/mol. The smallest absolute Gasteiger partial charge is 0.272 e. The van der Waals surface area contributed by atoms with Gasteiger partial charge in [0.2, 0.25) is 5.91 Å². The van der Waals surface area contributed by atoms with Crippen LogP contribution in [0.25, 0.3) is 10.9 Å². The van der Waals surface area contributed by atoms with Crippen molar-refractivity contribution in [3.05, 3.63) is 64.8 Å². The zero-order chi connectivity index (χ0) is 20.4. The molecule has 0 radical (unpaired) electrons. The maximum atomic E-state index is 12.8. The van der Waals surface area contributed by atoms with Crippen molar-refractivity contribution in [1.29, 1.82) is 0 Å². The Labute approximate surface area is 174 Å². The Bertz CT molecular complexity index is 1060. The first-order valence-electron chi connectivity index (χ1n) is 9.69. The zero-order valence-electron chi connectivity index (χ0n) is 16.0. The van der Waals surface area contributed by atoms with Crippen molar-refractivity contribution in [2.45, 2.75) is 19.4 Å². The van der Waals surface area contributed by atoms with Gasteiger partial charge in [-0.3, -0.25) is 14.5 Å². The van der Waals surface area contributed by atoms with E-state index in [1.807, 2.05) is 36.4 Å². The Morgan fingerprint density at radius 2 is 2.03 bits per heavy atom. The molecule has 150 valence electrons. The highest BCUT2D eigenvalue weighted by molar-refractivity contribution is 6.31. The fraction of sp³-hybridized carbons (Fsp3) is 0.273. The molecule has 0 aliphatic carbocycles. The van der Waals surface area contributed by atoms with Crippen LogP contribution in [0.1, 0.15) is 28.9 Å². The van der Waals surface area contributed by atoms with Gasteiger partial charge in [-0.25, -0.2) is 0 Å². The van der Waals surface area contributed by atoms with E-state index in [1.165, 1.54) is 0 Å². The lowest BCUT2D eigenvalue weighted by Crippen LogP contribution is -2.40. The van der Waals surface area contributed by atoms with Gasteiger partial charge in [0.15, 0.2) is 0 Å². The number of rotatable bonds is 5. The molecule has 4 N–H and O–H groups in total. The van der Waals surface area contributed by atoms with E-state index >= 15 is 0 Å². The highest BCUT2D eigenvalue weighted by atomic mass is 35.5. The minimum atomic E-state index is -0.241. The second-order valence-corrected chi connectivity index (χ2v) is 7.94. The number of benzene rings is 2. The van der Waals surface area contributed by atoms with Crippen molar-refractivity contribution in [2.24, 2.45) is 11.7 Å². The summed E-state index contributed by atoms with van der Waals surface area (Å²) in [6.07, 6.45) is 1.79. The molecule has 1 atom stereocenters. The fourth-order valence-electron chi connectivity index (χ4n) is 3.86. The number of nitrogens with one attached hydrogen (secondary N) is 2. The molecule has 0 spiro atoms. The van der Waals surface area contributed by atoms with Crippen LogP contribution in [0.3, 0.4) is 0 Å².